The molecule has 0 unspecified atom stereocenters. The highest BCUT2D eigenvalue weighted by Gasteiger charge is 2.18. The van der Waals surface area contributed by atoms with Gasteiger partial charge in [0.1, 0.15) is 6.04 Å². The first kappa shape index (κ1) is 15.5. The van der Waals surface area contributed by atoms with Crippen LogP contribution in [0.1, 0.15) is 6.92 Å². The summed E-state index contributed by atoms with van der Waals surface area (Å²) in [6.45, 7) is 1.49. The normalized spacial score (nSPS) is 12.8. The third-order valence-corrected chi connectivity index (χ3v) is 3.51. The lowest BCUT2D eigenvalue weighted by Crippen LogP contribution is -2.34. The van der Waals surface area contributed by atoms with E-state index < -0.39 is 28.5 Å². The predicted molar refractivity (Wildman–Crippen MR) is 70.7 cm³/mol. The lowest BCUT2D eigenvalue weighted by atomic mass is 10.2. The highest BCUT2D eigenvalue weighted by Crippen LogP contribution is 2.14. The Bertz CT molecular complexity index is 524. The van der Waals surface area contributed by atoms with E-state index in [0.29, 0.717) is 5.69 Å². The lowest BCUT2D eigenvalue weighted by Gasteiger charge is -2.16. The summed E-state index contributed by atoms with van der Waals surface area (Å²) in [4.78, 5) is 11.7. The van der Waals surface area contributed by atoms with Crippen LogP contribution in [-0.2, 0) is 19.4 Å². The first-order chi connectivity index (χ1) is 8.88. The van der Waals surface area contributed by atoms with E-state index in [1.54, 1.807) is 6.92 Å². The van der Waals surface area contributed by atoms with E-state index >= 15 is 0 Å². The number of carbonyl (C=O) groups is 1. The predicted octanol–water partition coefficient (Wildman–Crippen LogP) is 0.426. The Hall–Kier alpha value is -1.60. The summed E-state index contributed by atoms with van der Waals surface area (Å²) in [7, 11) is -3.25. The van der Waals surface area contributed by atoms with Gasteiger partial charge < -0.3 is 15.2 Å². The van der Waals surface area contributed by atoms with Crippen LogP contribution in [0.2, 0.25) is 0 Å². The quantitative estimate of drug-likeness (QED) is 0.737. The number of sulfone groups is 1. The maximum atomic E-state index is 11.5. The Kier molecular flexibility index (Phi) is 5.31. The number of esters is 1. The molecular formula is C12H17NO5S. The van der Waals surface area contributed by atoms with Crippen LogP contribution in [-0.4, -0.2) is 45.0 Å². The molecule has 1 aromatic carbocycles. The number of aliphatic hydroxyl groups is 1. The number of anilines is 1. The minimum absolute atomic E-state index is 0.190. The average molecular weight is 287 g/mol. The molecule has 0 aliphatic carbocycles. The third-order valence-electron chi connectivity index (χ3n) is 2.38. The van der Waals surface area contributed by atoms with E-state index in [2.05, 4.69) is 5.32 Å². The molecule has 0 bridgehead atoms. The molecule has 6 nitrogen and oxygen atoms in total. The summed E-state index contributed by atoms with van der Waals surface area (Å²) in [5, 5.41) is 11.9. The Labute approximate surface area is 112 Å². The van der Waals surface area contributed by atoms with Crippen LogP contribution in [0, 0.1) is 0 Å². The smallest absolute Gasteiger partial charge is 0.330 e. The fourth-order valence-electron chi connectivity index (χ4n) is 1.42. The maximum absolute atomic E-state index is 11.5. The summed E-state index contributed by atoms with van der Waals surface area (Å²) in [6, 6.07) is 5.04. The first-order valence-electron chi connectivity index (χ1n) is 5.72. The van der Waals surface area contributed by atoms with Crippen LogP contribution in [0.25, 0.3) is 0 Å². The largest absolute Gasteiger partial charge is 0.464 e. The van der Waals surface area contributed by atoms with Crippen LogP contribution >= 0.6 is 0 Å². The molecule has 19 heavy (non-hydrogen) atoms. The fraction of sp³-hybridized carbons (Fsp3) is 0.417. The number of aliphatic hydroxyl groups excluding tert-OH is 1. The van der Waals surface area contributed by atoms with Gasteiger partial charge in [0.15, 0.2) is 9.84 Å². The van der Waals surface area contributed by atoms with E-state index in [1.807, 2.05) is 0 Å². The number of hydrogen-bond acceptors (Lipinski definition) is 6. The van der Waals surface area contributed by atoms with Gasteiger partial charge in [-0.05, 0) is 31.2 Å². The van der Waals surface area contributed by atoms with Gasteiger partial charge in [-0.1, -0.05) is 0 Å². The Morgan fingerprint density at radius 1 is 1.37 bits per heavy atom. The van der Waals surface area contributed by atoms with Crippen LogP contribution in [0.3, 0.4) is 0 Å². The summed E-state index contributed by atoms with van der Waals surface area (Å²) in [5.41, 5.74) is 0.527. The van der Waals surface area contributed by atoms with Crippen LogP contribution < -0.4 is 5.32 Å². The van der Waals surface area contributed by atoms with E-state index in [1.165, 1.54) is 24.3 Å². The van der Waals surface area contributed by atoms with Crippen molar-refractivity contribution in [3.63, 3.8) is 0 Å². The van der Waals surface area contributed by atoms with Crippen molar-refractivity contribution in [2.75, 3.05) is 24.8 Å². The van der Waals surface area contributed by atoms with Gasteiger partial charge >= 0.3 is 5.97 Å². The van der Waals surface area contributed by atoms with Crippen LogP contribution in [0.5, 0.6) is 0 Å². The number of ether oxygens (including phenoxy) is 1. The van der Waals surface area contributed by atoms with Gasteiger partial charge in [-0.15, -0.1) is 0 Å². The van der Waals surface area contributed by atoms with Crippen molar-refractivity contribution in [1.82, 2.24) is 0 Å². The molecule has 106 valence electrons. The van der Waals surface area contributed by atoms with Crippen molar-refractivity contribution < 1.29 is 23.1 Å². The molecule has 0 amide bonds. The minimum atomic E-state index is -3.25. The standard InChI is InChI=1S/C12H17NO5S/c1-3-18-12(15)11(8-14)13-9-4-6-10(7-5-9)19(2,16)17/h4-7,11,13-14H,3,8H2,1-2H3/t11-/m1/s1. The summed E-state index contributed by atoms with van der Waals surface area (Å²) < 4.78 is 27.4. The molecule has 2 N–H and O–H groups in total. The molecule has 0 aliphatic heterocycles. The zero-order valence-corrected chi connectivity index (χ0v) is 11.6. The molecular weight excluding hydrogens is 270 g/mol. The van der Waals surface area contributed by atoms with Gasteiger partial charge in [-0.3, -0.25) is 0 Å². The molecule has 1 atom stereocenters. The minimum Gasteiger partial charge on any atom is -0.464 e. The number of benzene rings is 1. The van der Waals surface area contributed by atoms with Crippen molar-refractivity contribution in [2.45, 2.75) is 17.9 Å². The SMILES string of the molecule is CCOC(=O)[C@@H](CO)Nc1ccc(S(C)(=O)=O)cc1. The average Bonchev–Trinajstić information content (AvgIpc) is 2.35. The highest BCUT2D eigenvalue weighted by atomic mass is 32.2. The topological polar surface area (TPSA) is 92.7 Å². The lowest BCUT2D eigenvalue weighted by molar-refractivity contribution is -0.144. The second-order valence-corrected chi connectivity index (χ2v) is 5.94. The highest BCUT2D eigenvalue weighted by molar-refractivity contribution is 7.90. The number of hydrogen-bond donors (Lipinski definition) is 2. The second kappa shape index (κ2) is 6.53. The molecule has 0 saturated heterocycles. The Balaban J connectivity index is 2.79. The molecule has 0 aliphatic rings. The van der Waals surface area contributed by atoms with Crippen LogP contribution in [0.4, 0.5) is 5.69 Å². The van der Waals surface area contributed by atoms with Crippen molar-refractivity contribution >= 4 is 21.5 Å². The van der Waals surface area contributed by atoms with Crippen molar-refractivity contribution in [1.29, 1.82) is 0 Å². The molecule has 0 radical (unpaired) electrons. The number of rotatable bonds is 6. The Morgan fingerprint density at radius 3 is 2.37 bits per heavy atom. The molecule has 7 heteroatoms. The Morgan fingerprint density at radius 2 is 1.95 bits per heavy atom. The van der Waals surface area contributed by atoms with Gasteiger partial charge in [-0.25, -0.2) is 13.2 Å². The van der Waals surface area contributed by atoms with E-state index in [9.17, 15) is 13.2 Å². The monoisotopic (exact) mass is 287 g/mol. The summed E-state index contributed by atoms with van der Waals surface area (Å²) >= 11 is 0. The third kappa shape index (κ3) is 4.53. The van der Waals surface area contributed by atoms with E-state index in [-0.39, 0.29) is 11.5 Å². The molecule has 1 aromatic rings. The van der Waals surface area contributed by atoms with Crippen LogP contribution in [0.15, 0.2) is 29.2 Å². The van der Waals surface area contributed by atoms with Crippen molar-refractivity contribution in [2.24, 2.45) is 0 Å². The molecule has 0 fully saturated rings. The van der Waals surface area contributed by atoms with Gasteiger partial charge in [0.2, 0.25) is 0 Å². The molecule has 0 saturated carbocycles. The van der Waals surface area contributed by atoms with Gasteiger partial charge in [0.25, 0.3) is 0 Å². The molecule has 0 aromatic heterocycles. The number of carbonyl (C=O) groups excluding carboxylic acids is 1. The van der Waals surface area contributed by atoms with Crippen molar-refractivity contribution in [3.8, 4) is 0 Å². The summed E-state index contributed by atoms with van der Waals surface area (Å²) in [6.07, 6.45) is 1.12. The second-order valence-electron chi connectivity index (χ2n) is 3.93. The molecule has 0 heterocycles. The van der Waals surface area contributed by atoms with Gasteiger partial charge in [0, 0.05) is 11.9 Å². The first-order valence-corrected chi connectivity index (χ1v) is 7.61. The van der Waals surface area contributed by atoms with Gasteiger partial charge in [0.05, 0.1) is 18.1 Å². The van der Waals surface area contributed by atoms with Gasteiger partial charge in [-0.2, -0.15) is 0 Å². The maximum Gasteiger partial charge on any atom is 0.330 e. The molecule has 0 spiro atoms. The zero-order chi connectivity index (χ0) is 14.5. The zero-order valence-electron chi connectivity index (χ0n) is 10.8. The van der Waals surface area contributed by atoms with E-state index in [0.717, 1.165) is 6.26 Å². The fourth-order valence-corrected chi connectivity index (χ4v) is 2.05. The molecule has 1 rings (SSSR count). The summed E-state index contributed by atoms with van der Waals surface area (Å²) in [5.74, 6) is -0.558. The number of nitrogens with one attached hydrogen (secondary N) is 1. The van der Waals surface area contributed by atoms with Crippen molar-refractivity contribution in [3.05, 3.63) is 24.3 Å². The van der Waals surface area contributed by atoms with E-state index in [4.69, 9.17) is 9.84 Å².